The second kappa shape index (κ2) is 5.67. The Kier molecular flexibility index (Phi) is 3.85. The third kappa shape index (κ3) is 2.18. The Morgan fingerprint density at radius 3 is 1.86 bits per heavy atom. The van der Waals surface area contributed by atoms with Crippen LogP contribution in [0, 0.1) is 0 Å². The molecule has 0 amide bonds. The lowest BCUT2D eigenvalue weighted by Gasteiger charge is -2.10. The summed E-state index contributed by atoms with van der Waals surface area (Å²) in [5.41, 5.74) is 10.1. The fourth-order valence-electron chi connectivity index (χ4n) is 2.89. The molecule has 0 aliphatic carbocycles. The van der Waals surface area contributed by atoms with Gasteiger partial charge in [-0.2, -0.15) is 0 Å². The molecule has 0 spiro atoms. The number of anilines is 1. The lowest BCUT2D eigenvalue weighted by molar-refractivity contribution is 1.17. The number of para-hydroxylation sites is 2. The van der Waals surface area contributed by atoms with Crippen molar-refractivity contribution >= 4 is 55.8 Å². The van der Waals surface area contributed by atoms with Gasteiger partial charge in [0.15, 0.2) is 0 Å². The van der Waals surface area contributed by atoms with Gasteiger partial charge in [0.05, 0.1) is 16.7 Å². The molecule has 4 rings (SSSR count). The highest BCUT2D eigenvalue weighted by molar-refractivity contribution is 9.10. The quantitative estimate of drug-likeness (QED) is 0.436. The van der Waals surface area contributed by atoms with Gasteiger partial charge in [-0.15, -0.1) is 12.4 Å². The molecular formula is C18H14BrClN2. The van der Waals surface area contributed by atoms with Gasteiger partial charge >= 0.3 is 0 Å². The molecule has 2 N–H and O–H groups in total. The van der Waals surface area contributed by atoms with Gasteiger partial charge < -0.3 is 10.3 Å². The predicted molar refractivity (Wildman–Crippen MR) is 100 cm³/mol. The zero-order chi connectivity index (χ0) is 14.4. The fourth-order valence-corrected chi connectivity index (χ4v) is 3.46. The second-order valence-corrected chi connectivity index (χ2v) is 5.93. The number of fused-ring (bicyclic) bond motifs is 3. The summed E-state index contributed by atoms with van der Waals surface area (Å²) in [7, 11) is 0. The van der Waals surface area contributed by atoms with Crippen molar-refractivity contribution in [2.75, 3.05) is 5.73 Å². The molecule has 110 valence electrons. The second-order valence-electron chi connectivity index (χ2n) is 5.08. The Hall–Kier alpha value is -1.97. The summed E-state index contributed by atoms with van der Waals surface area (Å²) in [5, 5.41) is 2.52. The highest BCUT2D eigenvalue weighted by Crippen LogP contribution is 2.34. The first-order valence-corrected chi connectivity index (χ1v) is 7.58. The Morgan fingerprint density at radius 1 is 0.773 bits per heavy atom. The van der Waals surface area contributed by atoms with Crippen LogP contribution in [0.5, 0.6) is 0 Å². The smallest absolute Gasteiger partial charge is 0.0605 e. The normalized spacial score (nSPS) is 10.8. The zero-order valence-corrected chi connectivity index (χ0v) is 14.1. The first kappa shape index (κ1) is 14.9. The maximum Gasteiger partial charge on any atom is 0.0605 e. The number of hydrogen-bond acceptors (Lipinski definition) is 1. The maximum atomic E-state index is 5.87. The third-order valence-corrected chi connectivity index (χ3v) is 4.43. The number of nitrogens with zero attached hydrogens (tertiary/aromatic N) is 1. The van der Waals surface area contributed by atoms with E-state index in [4.69, 9.17) is 5.73 Å². The number of nitrogen functional groups attached to an aromatic ring is 1. The number of nitrogens with two attached hydrogens (primary N) is 1. The molecule has 1 aromatic heterocycles. The molecule has 0 atom stereocenters. The molecule has 0 saturated carbocycles. The van der Waals surface area contributed by atoms with Crippen LogP contribution in [0.1, 0.15) is 0 Å². The Bertz CT molecular complexity index is 922. The molecule has 0 unspecified atom stereocenters. The van der Waals surface area contributed by atoms with E-state index in [0.29, 0.717) is 0 Å². The topological polar surface area (TPSA) is 30.9 Å². The van der Waals surface area contributed by atoms with Crippen molar-refractivity contribution in [3.63, 3.8) is 0 Å². The van der Waals surface area contributed by atoms with E-state index in [9.17, 15) is 0 Å². The Labute approximate surface area is 143 Å². The number of benzene rings is 3. The van der Waals surface area contributed by atoms with Gasteiger partial charge in [-0.05, 0) is 46.3 Å². The van der Waals surface area contributed by atoms with Crippen LogP contribution in [0.4, 0.5) is 5.69 Å². The molecule has 0 fully saturated rings. The predicted octanol–water partition coefficient (Wildman–Crippen LogP) is 5.55. The van der Waals surface area contributed by atoms with E-state index < -0.39 is 0 Å². The van der Waals surface area contributed by atoms with E-state index in [1.807, 2.05) is 12.1 Å². The van der Waals surface area contributed by atoms with Crippen LogP contribution in [-0.4, -0.2) is 4.57 Å². The van der Waals surface area contributed by atoms with E-state index in [1.54, 1.807) is 0 Å². The fraction of sp³-hybridized carbons (Fsp3) is 0. The number of hydrogen-bond donors (Lipinski definition) is 1. The van der Waals surface area contributed by atoms with E-state index in [2.05, 4.69) is 75.1 Å². The van der Waals surface area contributed by atoms with E-state index >= 15 is 0 Å². The van der Waals surface area contributed by atoms with Crippen molar-refractivity contribution < 1.29 is 0 Å². The molecule has 0 aliphatic rings. The summed E-state index contributed by atoms with van der Waals surface area (Å²) in [4.78, 5) is 0. The van der Waals surface area contributed by atoms with Gasteiger partial charge in [0.2, 0.25) is 0 Å². The van der Waals surface area contributed by atoms with Crippen LogP contribution in [0.2, 0.25) is 0 Å². The van der Waals surface area contributed by atoms with Crippen LogP contribution < -0.4 is 5.73 Å². The van der Waals surface area contributed by atoms with Crippen LogP contribution in [0.15, 0.2) is 71.2 Å². The summed E-state index contributed by atoms with van der Waals surface area (Å²) in [6, 6.07) is 22.9. The van der Waals surface area contributed by atoms with E-state index in [0.717, 1.165) is 15.8 Å². The van der Waals surface area contributed by atoms with Crippen LogP contribution in [0.3, 0.4) is 0 Å². The summed E-state index contributed by atoms with van der Waals surface area (Å²) >= 11 is 3.64. The molecule has 0 saturated heterocycles. The van der Waals surface area contributed by atoms with E-state index in [-0.39, 0.29) is 12.4 Å². The van der Waals surface area contributed by atoms with Crippen molar-refractivity contribution in [3.8, 4) is 5.69 Å². The van der Waals surface area contributed by atoms with Gasteiger partial charge in [0.25, 0.3) is 0 Å². The molecule has 0 aliphatic heterocycles. The molecular weight excluding hydrogens is 360 g/mol. The van der Waals surface area contributed by atoms with Crippen molar-refractivity contribution in [3.05, 3.63) is 71.2 Å². The minimum atomic E-state index is 0. The lowest BCUT2D eigenvalue weighted by Crippen LogP contribution is -1.96. The van der Waals surface area contributed by atoms with Crippen molar-refractivity contribution in [2.45, 2.75) is 0 Å². The van der Waals surface area contributed by atoms with Crippen molar-refractivity contribution in [2.24, 2.45) is 0 Å². The molecule has 4 aromatic rings. The molecule has 22 heavy (non-hydrogen) atoms. The monoisotopic (exact) mass is 372 g/mol. The average molecular weight is 374 g/mol. The first-order valence-electron chi connectivity index (χ1n) is 6.79. The molecule has 3 aromatic carbocycles. The standard InChI is InChI=1S/C18H13BrN2.ClH/c19-15-11-12(20)9-10-18(15)21-16-7-3-1-5-13(16)14-6-2-4-8-17(14)21;/h1-11H,20H2;1H. The van der Waals surface area contributed by atoms with Crippen molar-refractivity contribution in [1.29, 1.82) is 0 Å². The van der Waals surface area contributed by atoms with Crippen molar-refractivity contribution in [1.82, 2.24) is 4.57 Å². The third-order valence-electron chi connectivity index (χ3n) is 3.79. The van der Waals surface area contributed by atoms with Gasteiger partial charge in [0, 0.05) is 20.9 Å². The molecule has 2 nitrogen and oxygen atoms in total. The van der Waals surface area contributed by atoms with Gasteiger partial charge in [-0.3, -0.25) is 0 Å². The Morgan fingerprint density at radius 2 is 1.32 bits per heavy atom. The highest BCUT2D eigenvalue weighted by atomic mass is 79.9. The van der Waals surface area contributed by atoms with Gasteiger partial charge in [-0.25, -0.2) is 0 Å². The lowest BCUT2D eigenvalue weighted by atomic mass is 10.2. The molecule has 0 radical (unpaired) electrons. The molecule has 1 heterocycles. The number of aromatic nitrogens is 1. The average Bonchev–Trinajstić information content (AvgIpc) is 2.82. The molecule has 0 bridgehead atoms. The van der Waals surface area contributed by atoms with E-state index in [1.165, 1.54) is 21.8 Å². The number of rotatable bonds is 1. The maximum absolute atomic E-state index is 5.87. The van der Waals surface area contributed by atoms with Gasteiger partial charge in [0.1, 0.15) is 0 Å². The summed E-state index contributed by atoms with van der Waals surface area (Å²) in [6.07, 6.45) is 0. The van der Waals surface area contributed by atoms with Gasteiger partial charge in [-0.1, -0.05) is 36.4 Å². The Balaban J connectivity index is 0.00000144. The van der Waals surface area contributed by atoms with Crippen LogP contribution >= 0.6 is 28.3 Å². The SMILES string of the molecule is Cl.Nc1ccc(-n2c3ccccc3c3ccccc32)c(Br)c1. The number of halogens is 2. The summed E-state index contributed by atoms with van der Waals surface area (Å²) < 4.78 is 3.27. The first-order chi connectivity index (χ1) is 10.3. The zero-order valence-electron chi connectivity index (χ0n) is 11.7. The molecule has 4 heteroatoms. The highest BCUT2D eigenvalue weighted by Gasteiger charge is 2.13. The minimum Gasteiger partial charge on any atom is -0.399 e. The summed E-state index contributed by atoms with van der Waals surface area (Å²) in [6.45, 7) is 0. The summed E-state index contributed by atoms with van der Waals surface area (Å²) in [5.74, 6) is 0. The minimum absolute atomic E-state index is 0. The van der Waals surface area contributed by atoms with Crippen LogP contribution in [0.25, 0.3) is 27.5 Å². The largest absolute Gasteiger partial charge is 0.399 e. The van der Waals surface area contributed by atoms with Crippen LogP contribution in [-0.2, 0) is 0 Å².